The summed E-state index contributed by atoms with van der Waals surface area (Å²) in [6.07, 6.45) is 3.53. The van der Waals surface area contributed by atoms with Crippen LogP contribution in [-0.2, 0) is 6.54 Å². The van der Waals surface area contributed by atoms with Gasteiger partial charge in [0.1, 0.15) is 11.5 Å². The van der Waals surface area contributed by atoms with Gasteiger partial charge in [-0.25, -0.2) is 23.6 Å². The Hall–Kier alpha value is -3.61. The van der Waals surface area contributed by atoms with Gasteiger partial charge in [0.15, 0.2) is 11.3 Å². The van der Waals surface area contributed by atoms with Gasteiger partial charge in [0.25, 0.3) is 0 Å². The Balaban J connectivity index is 1.68. The molecule has 4 heterocycles. The van der Waals surface area contributed by atoms with E-state index in [-0.39, 0.29) is 12.4 Å². The fourth-order valence-corrected chi connectivity index (χ4v) is 3.00. The lowest BCUT2D eigenvalue weighted by molar-refractivity contribution is 0.589. The second kappa shape index (κ2) is 5.73. The topological polar surface area (TPSA) is 60.9 Å². The molecule has 0 bridgehead atoms. The maximum Gasteiger partial charge on any atom is 0.203 e. The highest BCUT2D eigenvalue weighted by molar-refractivity contribution is 5.89. The summed E-state index contributed by atoms with van der Waals surface area (Å²) in [5.74, 6) is 0.251. The molecular formula is C19H13FN6. The van der Waals surface area contributed by atoms with E-state index in [4.69, 9.17) is 0 Å². The number of hydrogen-bond acceptors (Lipinski definition) is 4. The summed E-state index contributed by atoms with van der Waals surface area (Å²) in [6, 6.07) is 16.1. The summed E-state index contributed by atoms with van der Waals surface area (Å²) in [7, 11) is 0. The molecule has 7 heteroatoms. The van der Waals surface area contributed by atoms with Gasteiger partial charge in [0, 0.05) is 18.0 Å². The lowest BCUT2D eigenvalue weighted by atomic mass is 10.2. The largest absolute Gasteiger partial charge is 0.242 e. The SMILES string of the molecule is Fc1ccccc1Cn1nc(-c2nc3ccccn3n2)c2cccnc21. The van der Waals surface area contributed by atoms with Crippen LogP contribution in [0.15, 0.2) is 67.0 Å². The summed E-state index contributed by atoms with van der Waals surface area (Å²) >= 11 is 0. The number of hydrogen-bond donors (Lipinski definition) is 0. The van der Waals surface area contributed by atoms with Crippen molar-refractivity contribution >= 4 is 16.7 Å². The van der Waals surface area contributed by atoms with E-state index < -0.39 is 0 Å². The molecule has 0 saturated carbocycles. The Bertz CT molecular complexity index is 1210. The van der Waals surface area contributed by atoms with Gasteiger partial charge in [-0.3, -0.25) is 0 Å². The molecule has 0 aliphatic rings. The van der Waals surface area contributed by atoms with Gasteiger partial charge in [0.2, 0.25) is 5.82 Å². The number of fused-ring (bicyclic) bond motifs is 2. The van der Waals surface area contributed by atoms with Crippen LogP contribution in [0.25, 0.3) is 28.2 Å². The average Bonchev–Trinajstić information content (AvgIpc) is 3.25. The minimum absolute atomic E-state index is 0.264. The predicted molar refractivity (Wildman–Crippen MR) is 95.0 cm³/mol. The molecule has 26 heavy (non-hydrogen) atoms. The average molecular weight is 344 g/mol. The summed E-state index contributed by atoms with van der Waals surface area (Å²) in [4.78, 5) is 8.97. The zero-order valence-corrected chi connectivity index (χ0v) is 13.6. The van der Waals surface area contributed by atoms with Gasteiger partial charge in [-0.1, -0.05) is 24.3 Å². The van der Waals surface area contributed by atoms with E-state index in [0.717, 1.165) is 11.0 Å². The van der Waals surface area contributed by atoms with E-state index in [2.05, 4.69) is 20.2 Å². The molecule has 126 valence electrons. The number of pyridine rings is 2. The number of aromatic nitrogens is 6. The highest BCUT2D eigenvalue weighted by Gasteiger charge is 2.18. The molecule has 0 atom stereocenters. The second-order valence-corrected chi connectivity index (χ2v) is 5.91. The van der Waals surface area contributed by atoms with Crippen molar-refractivity contribution in [3.05, 3.63) is 78.4 Å². The van der Waals surface area contributed by atoms with Gasteiger partial charge in [-0.05, 0) is 30.3 Å². The van der Waals surface area contributed by atoms with Gasteiger partial charge < -0.3 is 0 Å². The van der Waals surface area contributed by atoms with Gasteiger partial charge in [-0.15, -0.1) is 5.10 Å². The minimum Gasteiger partial charge on any atom is -0.242 e. The fraction of sp³-hybridized carbons (Fsp3) is 0.0526. The molecule has 0 spiro atoms. The fourth-order valence-electron chi connectivity index (χ4n) is 3.00. The Labute approximate surface area is 147 Å². The molecule has 0 fully saturated rings. The molecular weight excluding hydrogens is 331 g/mol. The highest BCUT2D eigenvalue weighted by atomic mass is 19.1. The maximum absolute atomic E-state index is 14.1. The second-order valence-electron chi connectivity index (χ2n) is 5.91. The first-order valence-electron chi connectivity index (χ1n) is 8.16. The molecule has 0 aliphatic heterocycles. The molecule has 1 aromatic carbocycles. The monoisotopic (exact) mass is 344 g/mol. The van der Waals surface area contributed by atoms with Crippen molar-refractivity contribution in [2.75, 3.05) is 0 Å². The lowest BCUT2D eigenvalue weighted by Gasteiger charge is -2.04. The van der Waals surface area contributed by atoms with Crippen LogP contribution in [-0.4, -0.2) is 29.4 Å². The lowest BCUT2D eigenvalue weighted by Crippen LogP contribution is -2.04. The van der Waals surface area contributed by atoms with E-state index >= 15 is 0 Å². The number of nitrogens with zero attached hydrogens (tertiary/aromatic N) is 6. The number of rotatable bonds is 3. The van der Waals surface area contributed by atoms with Crippen molar-refractivity contribution in [3.8, 4) is 11.5 Å². The molecule has 6 nitrogen and oxygen atoms in total. The first-order valence-corrected chi connectivity index (χ1v) is 8.16. The molecule has 0 unspecified atom stereocenters. The third-order valence-electron chi connectivity index (χ3n) is 4.24. The zero-order chi connectivity index (χ0) is 17.5. The quantitative estimate of drug-likeness (QED) is 0.504. The molecule has 0 saturated heterocycles. The summed E-state index contributed by atoms with van der Waals surface area (Å²) in [5, 5.41) is 9.97. The zero-order valence-electron chi connectivity index (χ0n) is 13.6. The van der Waals surface area contributed by atoms with E-state index in [1.54, 1.807) is 27.5 Å². The molecule has 0 aliphatic carbocycles. The van der Waals surface area contributed by atoms with Crippen LogP contribution < -0.4 is 0 Å². The third kappa shape index (κ3) is 2.33. The van der Waals surface area contributed by atoms with E-state index in [9.17, 15) is 4.39 Å². The van der Waals surface area contributed by atoms with Crippen molar-refractivity contribution in [2.45, 2.75) is 6.54 Å². The van der Waals surface area contributed by atoms with Crippen molar-refractivity contribution in [1.82, 2.24) is 29.4 Å². The van der Waals surface area contributed by atoms with Crippen molar-refractivity contribution in [3.63, 3.8) is 0 Å². The van der Waals surface area contributed by atoms with Crippen LogP contribution in [0.5, 0.6) is 0 Å². The van der Waals surface area contributed by atoms with Crippen LogP contribution in [0.4, 0.5) is 4.39 Å². The van der Waals surface area contributed by atoms with Gasteiger partial charge in [-0.2, -0.15) is 5.10 Å². The molecule has 4 aromatic heterocycles. The van der Waals surface area contributed by atoms with E-state index in [1.807, 2.05) is 42.6 Å². The first kappa shape index (κ1) is 14.7. The number of benzene rings is 1. The van der Waals surface area contributed by atoms with Gasteiger partial charge >= 0.3 is 0 Å². The number of halogens is 1. The molecule has 0 radical (unpaired) electrons. The van der Waals surface area contributed by atoms with Crippen LogP contribution in [0.1, 0.15) is 5.56 Å². The summed E-state index contributed by atoms with van der Waals surface area (Å²) in [6.45, 7) is 0.285. The summed E-state index contributed by atoms with van der Waals surface area (Å²) < 4.78 is 17.4. The predicted octanol–water partition coefficient (Wildman–Crippen LogP) is 3.33. The molecule has 0 amide bonds. The standard InChI is InChI=1S/C19H13FN6/c20-15-8-2-1-6-13(15)12-26-19-14(7-5-10-21-19)17(23-26)18-22-16-9-3-4-11-25(16)24-18/h1-11H,12H2. The Morgan fingerprint density at radius 1 is 0.923 bits per heavy atom. The smallest absolute Gasteiger partial charge is 0.203 e. The van der Waals surface area contributed by atoms with Crippen molar-refractivity contribution in [2.24, 2.45) is 0 Å². The Morgan fingerprint density at radius 3 is 2.69 bits per heavy atom. The molecule has 5 rings (SSSR count). The maximum atomic E-state index is 14.1. The van der Waals surface area contributed by atoms with Crippen molar-refractivity contribution in [1.29, 1.82) is 0 Å². The minimum atomic E-state index is -0.264. The van der Waals surface area contributed by atoms with Crippen LogP contribution >= 0.6 is 0 Å². The summed E-state index contributed by atoms with van der Waals surface area (Å²) in [5.41, 5.74) is 2.60. The third-order valence-corrected chi connectivity index (χ3v) is 4.24. The Morgan fingerprint density at radius 2 is 1.81 bits per heavy atom. The van der Waals surface area contributed by atoms with Crippen LogP contribution in [0, 0.1) is 5.82 Å². The van der Waals surface area contributed by atoms with Crippen LogP contribution in [0.2, 0.25) is 0 Å². The Kier molecular flexibility index (Phi) is 3.24. The van der Waals surface area contributed by atoms with E-state index in [1.165, 1.54) is 6.07 Å². The normalized spacial score (nSPS) is 11.4. The van der Waals surface area contributed by atoms with Crippen LogP contribution in [0.3, 0.4) is 0 Å². The molecule has 0 N–H and O–H groups in total. The highest BCUT2D eigenvalue weighted by Crippen LogP contribution is 2.25. The first-order chi connectivity index (χ1) is 12.8. The van der Waals surface area contributed by atoms with Gasteiger partial charge in [0.05, 0.1) is 11.9 Å². The van der Waals surface area contributed by atoms with Crippen molar-refractivity contribution < 1.29 is 4.39 Å². The van der Waals surface area contributed by atoms with E-state index in [0.29, 0.717) is 22.7 Å². The molecule has 5 aromatic rings.